The minimum Gasteiger partial charge on any atom is -0.486 e. The molecule has 0 aliphatic carbocycles. The first-order valence-corrected chi connectivity index (χ1v) is 7.27. The lowest BCUT2D eigenvalue weighted by Gasteiger charge is -2.05. The van der Waals surface area contributed by atoms with E-state index in [2.05, 4.69) is 19.2 Å². The van der Waals surface area contributed by atoms with Crippen LogP contribution in [-0.4, -0.2) is 6.54 Å². The SMILES string of the molecule is CC(C)CNCc1coc(COc2ccc(F)c(Cl)c2)c1. The summed E-state index contributed by atoms with van der Waals surface area (Å²) in [6.07, 6.45) is 1.71. The Kier molecular flexibility index (Phi) is 5.65. The predicted octanol–water partition coefficient (Wildman–Crippen LogP) is 4.40. The summed E-state index contributed by atoms with van der Waals surface area (Å²) in [5.74, 6) is 1.39. The number of furan rings is 1. The summed E-state index contributed by atoms with van der Waals surface area (Å²) in [7, 11) is 0. The summed E-state index contributed by atoms with van der Waals surface area (Å²) in [4.78, 5) is 0. The van der Waals surface area contributed by atoms with Gasteiger partial charge in [-0.1, -0.05) is 25.4 Å². The second kappa shape index (κ2) is 7.48. The van der Waals surface area contributed by atoms with Crippen LogP contribution in [-0.2, 0) is 13.2 Å². The van der Waals surface area contributed by atoms with Crippen LogP contribution in [0.5, 0.6) is 5.75 Å². The van der Waals surface area contributed by atoms with Crippen molar-refractivity contribution in [3.63, 3.8) is 0 Å². The summed E-state index contributed by atoms with van der Waals surface area (Å²) in [5, 5.41) is 3.39. The van der Waals surface area contributed by atoms with Crippen molar-refractivity contribution in [1.82, 2.24) is 5.32 Å². The fourth-order valence-electron chi connectivity index (χ4n) is 1.82. The number of nitrogens with one attached hydrogen (secondary N) is 1. The zero-order chi connectivity index (χ0) is 15.2. The molecule has 3 nitrogen and oxygen atoms in total. The Hall–Kier alpha value is -1.52. The van der Waals surface area contributed by atoms with Gasteiger partial charge in [-0.25, -0.2) is 4.39 Å². The molecule has 1 heterocycles. The molecule has 21 heavy (non-hydrogen) atoms. The zero-order valence-corrected chi connectivity index (χ0v) is 12.9. The Bertz CT molecular complexity index is 583. The first-order chi connectivity index (χ1) is 10.0. The van der Waals surface area contributed by atoms with Crippen molar-refractivity contribution < 1.29 is 13.5 Å². The molecule has 0 aliphatic rings. The molecule has 1 N–H and O–H groups in total. The first kappa shape index (κ1) is 15.9. The summed E-state index contributed by atoms with van der Waals surface area (Å²) in [6, 6.07) is 6.21. The van der Waals surface area contributed by atoms with E-state index >= 15 is 0 Å². The molecular weight excluding hydrogens is 293 g/mol. The van der Waals surface area contributed by atoms with E-state index in [0.717, 1.165) is 24.4 Å². The highest BCUT2D eigenvalue weighted by Crippen LogP contribution is 2.22. The van der Waals surface area contributed by atoms with E-state index in [0.29, 0.717) is 11.7 Å². The van der Waals surface area contributed by atoms with E-state index in [4.69, 9.17) is 20.8 Å². The minimum absolute atomic E-state index is 0.0468. The minimum atomic E-state index is -0.458. The van der Waals surface area contributed by atoms with Crippen LogP contribution in [0.1, 0.15) is 25.2 Å². The molecule has 0 amide bonds. The maximum atomic E-state index is 13.0. The van der Waals surface area contributed by atoms with E-state index in [1.165, 1.54) is 18.2 Å². The Morgan fingerprint density at radius 1 is 1.33 bits per heavy atom. The number of hydrogen-bond acceptors (Lipinski definition) is 3. The van der Waals surface area contributed by atoms with Gasteiger partial charge in [0, 0.05) is 18.2 Å². The maximum absolute atomic E-state index is 13.0. The molecule has 0 spiro atoms. The number of hydrogen-bond donors (Lipinski definition) is 1. The van der Waals surface area contributed by atoms with Gasteiger partial charge in [0.2, 0.25) is 0 Å². The number of benzene rings is 1. The van der Waals surface area contributed by atoms with Crippen LogP contribution in [0.4, 0.5) is 4.39 Å². The second-order valence-electron chi connectivity index (χ2n) is 5.31. The molecule has 114 valence electrons. The van der Waals surface area contributed by atoms with E-state index in [1.54, 1.807) is 6.26 Å². The third-order valence-corrected chi connectivity index (χ3v) is 3.15. The molecule has 5 heteroatoms. The number of rotatable bonds is 7. The van der Waals surface area contributed by atoms with Crippen molar-refractivity contribution >= 4 is 11.6 Å². The van der Waals surface area contributed by atoms with Crippen molar-refractivity contribution in [3.05, 3.63) is 52.7 Å². The standard InChI is InChI=1S/C16H19ClFNO2/c1-11(2)7-19-8-12-5-14(20-9-12)10-21-13-3-4-16(18)15(17)6-13/h3-6,9,11,19H,7-8,10H2,1-2H3. The van der Waals surface area contributed by atoms with Gasteiger partial charge in [0.05, 0.1) is 11.3 Å². The highest BCUT2D eigenvalue weighted by atomic mass is 35.5. The van der Waals surface area contributed by atoms with Crippen molar-refractivity contribution in [2.75, 3.05) is 6.54 Å². The van der Waals surface area contributed by atoms with E-state index in [9.17, 15) is 4.39 Å². The smallest absolute Gasteiger partial charge is 0.146 e. The van der Waals surface area contributed by atoms with Crippen LogP contribution in [0, 0.1) is 11.7 Å². The topological polar surface area (TPSA) is 34.4 Å². The second-order valence-corrected chi connectivity index (χ2v) is 5.72. The summed E-state index contributed by atoms with van der Waals surface area (Å²) < 4.78 is 24.0. The highest BCUT2D eigenvalue weighted by molar-refractivity contribution is 6.30. The van der Waals surface area contributed by atoms with Crippen molar-refractivity contribution in [3.8, 4) is 5.75 Å². The van der Waals surface area contributed by atoms with E-state index in [-0.39, 0.29) is 11.6 Å². The Morgan fingerprint density at radius 3 is 2.86 bits per heavy atom. The average molecular weight is 312 g/mol. The van der Waals surface area contributed by atoms with Crippen molar-refractivity contribution in [2.24, 2.45) is 5.92 Å². The molecule has 2 rings (SSSR count). The van der Waals surface area contributed by atoms with Gasteiger partial charge in [0.1, 0.15) is 23.9 Å². The quantitative estimate of drug-likeness (QED) is 0.823. The maximum Gasteiger partial charge on any atom is 0.146 e. The lowest BCUT2D eigenvalue weighted by molar-refractivity contribution is 0.270. The molecule has 0 fully saturated rings. The van der Waals surface area contributed by atoms with Gasteiger partial charge in [0.15, 0.2) is 0 Å². The van der Waals surface area contributed by atoms with Crippen LogP contribution in [0.25, 0.3) is 0 Å². The Balaban J connectivity index is 1.83. The van der Waals surface area contributed by atoms with Crippen LogP contribution < -0.4 is 10.1 Å². The molecule has 0 aliphatic heterocycles. The molecule has 0 unspecified atom stereocenters. The normalized spacial score (nSPS) is 11.1. The van der Waals surface area contributed by atoms with Crippen LogP contribution >= 0.6 is 11.6 Å². The molecule has 1 aromatic heterocycles. The van der Waals surface area contributed by atoms with Crippen molar-refractivity contribution in [2.45, 2.75) is 27.0 Å². The van der Waals surface area contributed by atoms with E-state index in [1.807, 2.05) is 6.07 Å². The molecule has 0 saturated heterocycles. The molecule has 0 radical (unpaired) electrons. The Labute approximate surface area is 129 Å². The van der Waals surface area contributed by atoms with E-state index < -0.39 is 5.82 Å². The van der Waals surface area contributed by atoms with Gasteiger partial charge in [-0.2, -0.15) is 0 Å². The van der Waals surface area contributed by atoms with Crippen LogP contribution in [0.3, 0.4) is 0 Å². The van der Waals surface area contributed by atoms with Gasteiger partial charge in [-0.05, 0) is 30.7 Å². The third-order valence-electron chi connectivity index (χ3n) is 2.86. The Morgan fingerprint density at radius 2 is 2.14 bits per heavy atom. The fraction of sp³-hybridized carbons (Fsp3) is 0.375. The first-order valence-electron chi connectivity index (χ1n) is 6.89. The number of ether oxygens (including phenoxy) is 1. The summed E-state index contributed by atoms with van der Waals surface area (Å²) in [5.41, 5.74) is 1.08. The molecule has 0 atom stereocenters. The van der Waals surface area contributed by atoms with Crippen molar-refractivity contribution in [1.29, 1.82) is 0 Å². The van der Waals surface area contributed by atoms with Gasteiger partial charge < -0.3 is 14.5 Å². The predicted molar refractivity (Wildman–Crippen MR) is 81.0 cm³/mol. The molecule has 0 bridgehead atoms. The summed E-state index contributed by atoms with van der Waals surface area (Å²) >= 11 is 5.70. The highest BCUT2D eigenvalue weighted by Gasteiger charge is 2.05. The third kappa shape index (κ3) is 5.06. The monoisotopic (exact) mass is 311 g/mol. The lowest BCUT2D eigenvalue weighted by atomic mass is 10.2. The number of halogens is 2. The molecule has 1 aromatic carbocycles. The van der Waals surface area contributed by atoms with Gasteiger partial charge in [-0.15, -0.1) is 0 Å². The van der Waals surface area contributed by atoms with Crippen LogP contribution in [0.15, 0.2) is 34.9 Å². The molecule has 0 saturated carbocycles. The summed E-state index contributed by atoms with van der Waals surface area (Å²) in [6.45, 7) is 6.34. The molecule has 2 aromatic rings. The average Bonchev–Trinajstić information content (AvgIpc) is 2.88. The zero-order valence-electron chi connectivity index (χ0n) is 12.2. The molecular formula is C16H19ClFNO2. The van der Waals surface area contributed by atoms with Gasteiger partial charge >= 0.3 is 0 Å². The fourth-order valence-corrected chi connectivity index (χ4v) is 1.99. The lowest BCUT2D eigenvalue weighted by Crippen LogP contribution is -2.18. The van der Waals surface area contributed by atoms with Crippen LogP contribution in [0.2, 0.25) is 5.02 Å². The largest absolute Gasteiger partial charge is 0.486 e. The van der Waals surface area contributed by atoms with Gasteiger partial charge in [-0.3, -0.25) is 0 Å². The van der Waals surface area contributed by atoms with Gasteiger partial charge in [0.25, 0.3) is 0 Å².